The summed E-state index contributed by atoms with van der Waals surface area (Å²) in [6, 6.07) is -0.613. The minimum atomic E-state index is -0.875. The quantitative estimate of drug-likeness (QED) is 0.0284. The molecule has 0 aromatic rings. The maximum Gasteiger partial charge on any atom is 0.362 e. The van der Waals surface area contributed by atoms with E-state index in [2.05, 4.69) is 26.0 Å². The maximum absolute atomic E-state index is 12.7. The molecule has 8 heteroatoms. The Kier molecular flexibility index (Phi) is 38.5. The van der Waals surface area contributed by atoms with E-state index in [9.17, 15) is 19.5 Å². The average molecular weight is 795 g/mol. The van der Waals surface area contributed by atoms with Gasteiger partial charge in [-0.15, -0.1) is 0 Å². The number of carbonyl (C=O) groups is 3. The number of ether oxygens (including phenoxy) is 3. The Hall–Kier alpha value is -1.93. The Morgan fingerprint density at radius 2 is 0.911 bits per heavy atom. The molecule has 56 heavy (non-hydrogen) atoms. The molecule has 0 aliphatic heterocycles. The molecule has 0 heterocycles. The minimum absolute atomic E-state index is 0.0582. The van der Waals surface area contributed by atoms with Gasteiger partial charge in [0.1, 0.15) is 6.61 Å². The second kappa shape index (κ2) is 39.9. The molecule has 1 N–H and O–H groups in total. The van der Waals surface area contributed by atoms with E-state index in [0.29, 0.717) is 25.7 Å². The van der Waals surface area contributed by atoms with Crippen molar-refractivity contribution >= 4 is 17.9 Å². The number of likely N-dealkylation sites (N-methyl/N-ethyl adjacent to an activating group) is 1. The first-order valence-corrected chi connectivity index (χ1v) is 23.7. The van der Waals surface area contributed by atoms with Crippen LogP contribution in [-0.2, 0) is 28.6 Å². The lowest BCUT2D eigenvalue weighted by molar-refractivity contribution is -0.887. The molecule has 0 aliphatic carbocycles. The number of rotatable bonds is 43. The van der Waals surface area contributed by atoms with Crippen LogP contribution in [0.2, 0.25) is 0 Å². The summed E-state index contributed by atoms with van der Waals surface area (Å²) in [5, 5.41) is 9.61. The van der Waals surface area contributed by atoms with E-state index in [-0.39, 0.29) is 36.2 Å². The van der Waals surface area contributed by atoms with Gasteiger partial charge < -0.3 is 23.8 Å². The average Bonchev–Trinajstić information content (AvgIpc) is 3.15. The predicted octanol–water partition coefficient (Wildman–Crippen LogP) is 13.1. The van der Waals surface area contributed by atoms with Crippen molar-refractivity contribution < 1.29 is 38.2 Å². The topological polar surface area (TPSA) is 99.1 Å². The van der Waals surface area contributed by atoms with E-state index in [1.54, 1.807) is 0 Å². The van der Waals surface area contributed by atoms with Gasteiger partial charge in [0.15, 0.2) is 12.1 Å². The number of hydrogen-bond donors (Lipinski definition) is 1. The first kappa shape index (κ1) is 54.1. The molecule has 2 unspecified atom stereocenters. The van der Waals surface area contributed by atoms with Crippen LogP contribution in [0.25, 0.3) is 0 Å². The van der Waals surface area contributed by atoms with Crippen LogP contribution in [0.3, 0.4) is 0 Å². The van der Waals surface area contributed by atoms with E-state index >= 15 is 0 Å². The fourth-order valence-corrected chi connectivity index (χ4v) is 7.21. The largest absolute Gasteiger partial charge is 0.477 e. The second-order valence-corrected chi connectivity index (χ2v) is 17.4. The van der Waals surface area contributed by atoms with Crippen LogP contribution in [0.5, 0.6) is 0 Å². The summed E-state index contributed by atoms with van der Waals surface area (Å²) in [6.45, 7) is 4.70. The van der Waals surface area contributed by atoms with Crippen molar-refractivity contribution in [3.8, 4) is 0 Å². The maximum atomic E-state index is 12.7. The van der Waals surface area contributed by atoms with E-state index in [4.69, 9.17) is 14.2 Å². The summed E-state index contributed by atoms with van der Waals surface area (Å²) >= 11 is 0. The SMILES string of the molecule is CCCCCC/C=C/CCCC(=O)OCC(COCCC(C(=O)O)[N+](C)(C)C)OC(=O)CCCCCCCCCCCCCCCCCCCCCCCCC. The van der Waals surface area contributed by atoms with E-state index < -0.39 is 18.1 Å². The standard InChI is InChI=1S/C48H91NO7/c1-6-8-10-12-14-16-17-18-19-20-21-22-23-24-25-26-27-28-29-31-33-35-37-39-47(51)56-44(42-54-41-40-45(48(52)53)49(3,4)5)43-55-46(50)38-36-34-32-30-15-13-11-9-7-2/h30,32,44-45H,6-29,31,33-43H2,1-5H3/p+1/b32-30+. The molecule has 8 nitrogen and oxygen atoms in total. The number of hydrogen-bond acceptors (Lipinski definition) is 6. The number of nitrogens with zero attached hydrogens (tertiary/aromatic N) is 1. The lowest BCUT2D eigenvalue weighted by Gasteiger charge is -2.31. The number of aliphatic carboxylic acids is 1. The zero-order chi connectivity index (χ0) is 41.4. The first-order valence-electron chi connectivity index (χ1n) is 23.7. The van der Waals surface area contributed by atoms with Crippen molar-refractivity contribution in [1.82, 2.24) is 0 Å². The van der Waals surface area contributed by atoms with E-state index in [1.807, 2.05) is 21.1 Å². The van der Waals surface area contributed by atoms with Crippen LogP contribution in [0.4, 0.5) is 0 Å². The van der Waals surface area contributed by atoms with Crippen LogP contribution in [0.1, 0.15) is 226 Å². The summed E-state index contributed by atoms with van der Waals surface area (Å²) in [6.07, 6.45) is 42.8. The molecule has 0 aliphatic rings. The molecule has 0 bridgehead atoms. The van der Waals surface area contributed by atoms with Gasteiger partial charge >= 0.3 is 17.9 Å². The van der Waals surface area contributed by atoms with Gasteiger partial charge in [0.2, 0.25) is 0 Å². The normalized spacial score (nSPS) is 12.9. The minimum Gasteiger partial charge on any atom is -0.477 e. The molecule has 0 saturated carbocycles. The zero-order valence-corrected chi connectivity index (χ0v) is 37.6. The summed E-state index contributed by atoms with van der Waals surface area (Å²) < 4.78 is 17.2. The van der Waals surface area contributed by atoms with Crippen molar-refractivity contribution in [3.63, 3.8) is 0 Å². The van der Waals surface area contributed by atoms with Crippen molar-refractivity contribution in [1.29, 1.82) is 0 Å². The van der Waals surface area contributed by atoms with Gasteiger partial charge in [0.25, 0.3) is 0 Å². The zero-order valence-electron chi connectivity index (χ0n) is 37.6. The van der Waals surface area contributed by atoms with Gasteiger partial charge in [-0.05, 0) is 32.1 Å². The van der Waals surface area contributed by atoms with Crippen LogP contribution >= 0.6 is 0 Å². The molecule has 0 rings (SSSR count). The molecule has 0 radical (unpaired) electrons. The van der Waals surface area contributed by atoms with Crippen molar-refractivity contribution in [2.75, 3.05) is 41.0 Å². The number of carbonyl (C=O) groups excluding carboxylic acids is 2. The number of carboxylic acids is 1. The molecule has 2 atom stereocenters. The third-order valence-corrected chi connectivity index (χ3v) is 10.9. The number of esters is 2. The Bertz CT molecular complexity index is 931. The highest BCUT2D eigenvalue weighted by Crippen LogP contribution is 2.16. The summed E-state index contributed by atoms with van der Waals surface area (Å²) in [7, 11) is 5.53. The van der Waals surface area contributed by atoms with Crippen LogP contribution in [0.15, 0.2) is 12.2 Å². The Balaban J connectivity index is 4.13. The van der Waals surface area contributed by atoms with Crippen LogP contribution in [-0.4, -0.2) is 80.6 Å². The highest BCUT2D eigenvalue weighted by molar-refractivity contribution is 5.72. The summed E-state index contributed by atoms with van der Waals surface area (Å²) in [5.41, 5.74) is 0. The van der Waals surface area contributed by atoms with Crippen molar-refractivity contribution in [2.45, 2.75) is 238 Å². The van der Waals surface area contributed by atoms with Gasteiger partial charge in [-0.2, -0.15) is 0 Å². The smallest absolute Gasteiger partial charge is 0.362 e. The molecule has 0 amide bonds. The second-order valence-electron chi connectivity index (χ2n) is 17.4. The Labute approximate surface area is 346 Å². The number of quaternary nitrogens is 1. The van der Waals surface area contributed by atoms with Crippen molar-refractivity contribution in [2.24, 2.45) is 0 Å². The highest BCUT2D eigenvalue weighted by Gasteiger charge is 2.31. The number of allylic oxidation sites excluding steroid dienone is 2. The molecule has 0 fully saturated rings. The Morgan fingerprint density at radius 3 is 1.34 bits per heavy atom. The molecular weight excluding hydrogens is 703 g/mol. The summed E-state index contributed by atoms with van der Waals surface area (Å²) in [5.74, 6) is -1.50. The van der Waals surface area contributed by atoms with Gasteiger partial charge in [-0.3, -0.25) is 9.59 Å². The molecular formula is C48H92NO7+. The van der Waals surface area contributed by atoms with Crippen LogP contribution in [0, 0.1) is 0 Å². The fourth-order valence-electron chi connectivity index (χ4n) is 7.21. The van der Waals surface area contributed by atoms with Gasteiger partial charge in [0, 0.05) is 19.3 Å². The predicted molar refractivity (Wildman–Crippen MR) is 234 cm³/mol. The van der Waals surface area contributed by atoms with Gasteiger partial charge in [-0.25, -0.2) is 4.79 Å². The third-order valence-electron chi connectivity index (χ3n) is 10.9. The summed E-state index contributed by atoms with van der Waals surface area (Å²) in [4.78, 5) is 36.9. The number of carboxylic acid groups (broad SMARTS) is 1. The van der Waals surface area contributed by atoms with Gasteiger partial charge in [-0.1, -0.05) is 187 Å². The van der Waals surface area contributed by atoms with Crippen LogP contribution < -0.4 is 0 Å². The molecule has 0 spiro atoms. The van der Waals surface area contributed by atoms with Crippen molar-refractivity contribution in [3.05, 3.63) is 12.2 Å². The lowest BCUT2D eigenvalue weighted by atomic mass is 10.0. The Morgan fingerprint density at radius 1 is 0.518 bits per heavy atom. The third kappa shape index (κ3) is 37.6. The fraction of sp³-hybridized carbons (Fsp3) is 0.896. The number of unbranched alkanes of at least 4 members (excludes halogenated alkanes) is 27. The van der Waals surface area contributed by atoms with E-state index in [1.165, 1.54) is 154 Å². The molecule has 0 aromatic heterocycles. The monoisotopic (exact) mass is 795 g/mol. The molecule has 0 aromatic carbocycles. The first-order chi connectivity index (χ1) is 27.1. The molecule has 330 valence electrons. The molecule has 0 saturated heterocycles. The van der Waals surface area contributed by atoms with Gasteiger partial charge in [0.05, 0.1) is 34.4 Å². The van der Waals surface area contributed by atoms with E-state index in [0.717, 1.165) is 32.1 Å². The highest BCUT2D eigenvalue weighted by atomic mass is 16.6. The lowest BCUT2D eigenvalue weighted by Crippen LogP contribution is -2.50.